The third kappa shape index (κ3) is 2.17. The molecule has 0 radical (unpaired) electrons. The molecule has 104 valence electrons. The second-order valence-electron chi connectivity index (χ2n) is 5.50. The molecule has 0 amide bonds. The number of rotatable bonds is 2. The second-order valence-corrected chi connectivity index (χ2v) is 10.4. The number of halogens is 1. The first kappa shape index (κ1) is 13.6. The fourth-order valence-electron chi connectivity index (χ4n) is 3.26. The van der Waals surface area contributed by atoms with Crippen LogP contribution in [0.2, 0.25) is 5.82 Å². The first-order valence-corrected chi connectivity index (χ1v) is 11.4. The molecule has 1 unspecified atom stereocenters. The van der Waals surface area contributed by atoms with E-state index in [2.05, 4.69) is 76.3 Å². The Balaban J connectivity index is 1.99. The molecule has 3 aromatic carbocycles. The first-order chi connectivity index (χ1) is 10.3. The summed E-state index contributed by atoms with van der Waals surface area (Å²) in [6, 6.07) is 20.3. The monoisotopic (exact) mass is 403 g/mol. The van der Waals surface area contributed by atoms with Gasteiger partial charge < -0.3 is 0 Å². The van der Waals surface area contributed by atoms with Gasteiger partial charge in [0.2, 0.25) is 0 Å². The molecule has 1 aliphatic carbocycles. The Hall–Kier alpha value is -1.08. The van der Waals surface area contributed by atoms with Crippen molar-refractivity contribution >= 4 is 49.5 Å². The van der Waals surface area contributed by atoms with Crippen molar-refractivity contribution in [2.75, 3.05) is 0 Å². The Kier molecular flexibility index (Phi) is 3.41. The first-order valence-electron chi connectivity index (χ1n) is 7.19. The van der Waals surface area contributed by atoms with Gasteiger partial charge in [-0.25, -0.2) is 0 Å². The van der Waals surface area contributed by atoms with E-state index >= 15 is 0 Å². The SMILES string of the molecule is C[Se+](c1ccccc1)c1ccc2c3c(ccc(Br)c13)CC2. The Bertz CT molecular complexity index is 814. The number of benzene rings is 3. The van der Waals surface area contributed by atoms with Crippen molar-refractivity contribution in [1.82, 2.24) is 0 Å². The predicted octanol–water partition coefficient (Wildman–Crippen LogP) is 3.94. The van der Waals surface area contributed by atoms with Gasteiger partial charge in [0.25, 0.3) is 0 Å². The molecule has 0 bridgehead atoms. The van der Waals surface area contributed by atoms with Crippen LogP contribution < -0.4 is 8.92 Å². The van der Waals surface area contributed by atoms with Crippen LogP contribution in [0.5, 0.6) is 0 Å². The molecule has 0 aliphatic heterocycles. The zero-order chi connectivity index (χ0) is 14.4. The van der Waals surface area contributed by atoms with Crippen LogP contribution in [-0.4, -0.2) is 13.9 Å². The Labute approximate surface area is 138 Å². The topological polar surface area (TPSA) is 0 Å². The van der Waals surface area contributed by atoms with Gasteiger partial charge in [0.1, 0.15) is 0 Å². The van der Waals surface area contributed by atoms with Crippen molar-refractivity contribution in [3.8, 4) is 0 Å². The fraction of sp³-hybridized carbons (Fsp3) is 0.158. The standard InChI is InChI=1S/C19H16BrSe/c1-21(15-5-3-2-4-6-15)17-12-10-14-8-7-13-9-11-16(20)19(17)18(13)14/h2-6,9-12H,7-8H2,1H3/q+1. The maximum absolute atomic E-state index is 3.80. The van der Waals surface area contributed by atoms with E-state index in [4.69, 9.17) is 0 Å². The van der Waals surface area contributed by atoms with E-state index in [1.165, 1.54) is 43.7 Å². The summed E-state index contributed by atoms with van der Waals surface area (Å²) in [4.78, 5) is 0. The molecular formula is C19H16BrSe+. The summed E-state index contributed by atoms with van der Waals surface area (Å²) >= 11 is 2.82. The van der Waals surface area contributed by atoms with E-state index in [1.807, 2.05) is 0 Å². The zero-order valence-corrected chi connectivity index (χ0v) is 15.2. The molecule has 0 nitrogen and oxygen atoms in total. The van der Waals surface area contributed by atoms with Crippen molar-refractivity contribution < 1.29 is 0 Å². The molecule has 3 aromatic rings. The summed E-state index contributed by atoms with van der Waals surface area (Å²) in [6.07, 6.45) is 2.39. The van der Waals surface area contributed by atoms with Gasteiger partial charge in [0.15, 0.2) is 0 Å². The third-order valence-corrected chi connectivity index (χ3v) is 9.15. The van der Waals surface area contributed by atoms with E-state index in [9.17, 15) is 0 Å². The van der Waals surface area contributed by atoms with E-state index in [1.54, 1.807) is 4.46 Å². The van der Waals surface area contributed by atoms with Crippen molar-refractivity contribution in [2.24, 2.45) is 0 Å². The number of hydrogen-bond acceptors (Lipinski definition) is 0. The molecule has 1 aliphatic rings. The maximum atomic E-state index is 3.80. The van der Waals surface area contributed by atoms with Gasteiger partial charge in [-0.3, -0.25) is 0 Å². The van der Waals surface area contributed by atoms with E-state index in [0.717, 1.165) is 0 Å². The van der Waals surface area contributed by atoms with Crippen LogP contribution >= 0.6 is 15.9 Å². The fourth-order valence-corrected chi connectivity index (χ4v) is 7.48. The van der Waals surface area contributed by atoms with Gasteiger partial charge >= 0.3 is 138 Å². The Morgan fingerprint density at radius 3 is 2.19 bits per heavy atom. The van der Waals surface area contributed by atoms with Crippen LogP contribution in [0, 0.1) is 0 Å². The molecule has 0 spiro atoms. The number of hydrogen-bond donors (Lipinski definition) is 0. The molecule has 2 heteroatoms. The van der Waals surface area contributed by atoms with Gasteiger partial charge in [0.05, 0.1) is 0 Å². The minimum absolute atomic E-state index is 0.986. The van der Waals surface area contributed by atoms with Crippen LogP contribution in [0.1, 0.15) is 11.1 Å². The molecule has 0 N–H and O–H groups in total. The van der Waals surface area contributed by atoms with Crippen molar-refractivity contribution in [1.29, 1.82) is 0 Å². The van der Waals surface area contributed by atoms with Crippen LogP contribution in [0.3, 0.4) is 0 Å². The average molecular weight is 403 g/mol. The predicted molar refractivity (Wildman–Crippen MR) is 96.4 cm³/mol. The van der Waals surface area contributed by atoms with E-state index < -0.39 is 13.9 Å². The molecule has 21 heavy (non-hydrogen) atoms. The summed E-state index contributed by atoms with van der Waals surface area (Å²) in [7, 11) is 0. The minimum atomic E-state index is -0.986. The summed E-state index contributed by atoms with van der Waals surface area (Å²) < 4.78 is 4.31. The van der Waals surface area contributed by atoms with Gasteiger partial charge in [0, 0.05) is 0 Å². The van der Waals surface area contributed by atoms with Crippen LogP contribution in [-0.2, 0) is 12.8 Å². The second kappa shape index (κ2) is 5.28. The van der Waals surface area contributed by atoms with E-state index in [0.29, 0.717) is 0 Å². The molecule has 1 atom stereocenters. The van der Waals surface area contributed by atoms with Crippen LogP contribution in [0.4, 0.5) is 0 Å². The molecule has 0 saturated carbocycles. The summed E-state index contributed by atoms with van der Waals surface area (Å²) in [5, 5.41) is 2.99. The summed E-state index contributed by atoms with van der Waals surface area (Å²) in [5.74, 6) is 2.43. The normalized spacial score (nSPS) is 14.6. The molecule has 0 heterocycles. The average Bonchev–Trinajstić information content (AvgIpc) is 2.95. The van der Waals surface area contributed by atoms with Crippen molar-refractivity contribution in [3.05, 3.63) is 70.2 Å². The van der Waals surface area contributed by atoms with Crippen molar-refractivity contribution in [2.45, 2.75) is 18.7 Å². The van der Waals surface area contributed by atoms with Gasteiger partial charge in [-0.1, -0.05) is 0 Å². The molecule has 0 fully saturated rings. The van der Waals surface area contributed by atoms with Gasteiger partial charge in [-0.2, -0.15) is 0 Å². The number of aryl methyl sites for hydroxylation is 2. The van der Waals surface area contributed by atoms with Gasteiger partial charge in [-0.15, -0.1) is 0 Å². The van der Waals surface area contributed by atoms with Crippen molar-refractivity contribution in [3.63, 3.8) is 0 Å². The Morgan fingerprint density at radius 1 is 0.810 bits per heavy atom. The molecule has 4 rings (SSSR count). The van der Waals surface area contributed by atoms with E-state index in [-0.39, 0.29) is 0 Å². The Morgan fingerprint density at radius 2 is 1.48 bits per heavy atom. The molecule has 0 aromatic heterocycles. The molecular weight excluding hydrogens is 387 g/mol. The quantitative estimate of drug-likeness (QED) is 0.569. The molecule has 0 saturated heterocycles. The summed E-state index contributed by atoms with van der Waals surface area (Å²) in [6.45, 7) is 0. The van der Waals surface area contributed by atoms with Crippen LogP contribution in [0.15, 0.2) is 59.1 Å². The van der Waals surface area contributed by atoms with Crippen LogP contribution in [0.25, 0.3) is 10.8 Å². The summed E-state index contributed by atoms with van der Waals surface area (Å²) in [5.41, 5.74) is 3.05. The zero-order valence-electron chi connectivity index (χ0n) is 11.9. The third-order valence-electron chi connectivity index (χ3n) is 4.33. The van der Waals surface area contributed by atoms with Gasteiger partial charge in [-0.05, 0) is 0 Å².